The van der Waals surface area contributed by atoms with Crippen molar-refractivity contribution in [3.63, 3.8) is 0 Å². The van der Waals surface area contributed by atoms with E-state index >= 15 is 0 Å². The average Bonchev–Trinajstić information content (AvgIpc) is 3.03. The van der Waals surface area contributed by atoms with Crippen LogP contribution in [0.4, 0.5) is 5.82 Å². The van der Waals surface area contributed by atoms with Crippen LogP contribution in [0.1, 0.15) is 30.2 Å². The van der Waals surface area contributed by atoms with Crippen LogP contribution in [0.5, 0.6) is 0 Å². The Labute approximate surface area is 174 Å². The van der Waals surface area contributed by atoms with Crippen LogP contribution in [-0.4, -0.2) is 47.5 Å². The van der Waals surface area contributed by atoms with E-state index in [1.807, 2.05) is 0 Å². The summed E-state index contributed by atoms with van der Waals surface area (Å²) in [5.74, 6) is 1.37. The van der Waals surface area contributed by atoms with Crippen molar-refractivity contribution in [2.45, 2.75) is 26.7 Å². The van der Waals surface area contributed by atoms with Crippen molar-refractivity contribution in [2.24, 2.45) is 0 Å². The molecule has 1 aliphatic heterocycles. The first-order chi connectivity index (χ1) is 13.5. The molecule has 7 heteroatoms. The molecule has 1 aromatic carbocycles. The van der Waals surface area contributed by atoms with Crippen LogP contribution in [0.2, 0.25) is 5.28 Å². The number of amides is 1. The molecule has 0 unspecified atom stereocenters. The molecule has 0 saturated carbocycles. The van der Waals surface area contributed by atoms with Gasteiger partial charge in [0.25, 0.3) is 0 Å². The largest absolute Gasteiger partial charge is 0.352 e. The molecule has 1 amide bonds. The lowest BCUT2D eigenvalue weighted by molar-refractivity contribution is -0.118. The predicted molar refractivity (Wildman–Crippen MR) is 117 cm³/mol. The molecule has 146 valence electrons. The molecule has 2 aromatic heterocycles. The number of aromatic nitrogens is 2. The molecule has 0 bridgehead atoms. The van der Waals surface area contributed by atoms with Crippen molar-refractivity contribution in [2.75, 3.05) is 31.1 Å². The minimum atomic E-state index is 0.267. The Morgan fingerprint density at radius 1 is 1.11 bits per heavy atom. The standard InChI is InChI=1S/C21H23ClN4OS/c1-13(2)15-4-6-16(7-5-15)17-14(3)28-20-18(17)19(23-21(22)24-20)26-10-8-25(12-27)9-11-26/h4-7,12-13H,8-11H2,1-3H3. The Morgan fingerprint density at radius 3 is 2.39 bits per heavy atom. The van der Waals surface area contributed by atoms with Crippen molar-refractivity contribution in [1.82, 2.24) is 14.9 Å². The van der Waals surface area contributed by atoms with Gasteiger partial charge in [0, 0.05) is 36.6 Å². The number of anilines is 1. The quantitative estimate of drug-likeness (QED) is 0.457. The number of hydrogen-bond donors (Lipinski definition) is 0. The van der Waals surface area contributed by atoms with Gasteiger partial charge in [-0.2, -0.15) is 4.98 Å². The molecule has 0 spiro atoms. The van der Waals surface area contributed by atoms with Crippen molar-refractivity contribution < 1.29 is 4.79 Å². The van der Waals surface area contributed by atoms with E-state index in [0.29, 0.717) is 19.0 Å². The number of carbonyl (C=O) groups is 1. The summed E-state index contributed by atoms with van der Waals surface area (Å²) in [5.41, 5.74) is 3.68. The normalized spacial score (nSPS) is 14.9. The Bertz CT molecular complexity index is 1010. The third-order valence-corrected chi connectivity index (χ3v) is 6.48. The molecule has 5 nitrogen and oxygen atoms in total. The number of nitrogens with zero attached hydrogens (tertiary/aromatic N) is 4. The summed E-state index contributed by atoms with van der Waals surface area (Å²) >= 11 is 7.91. The Kier molecular flexibility index (Phi) is 5.25. The van der Waals surface area contributed by atoms with E-state index in [4.69, 9.17) is 11.6 Å². The molecule has 1 fully saturated rings. The maximum absolute atomic E-state index is 11.0. The van der Waals surface area contributed by atoms with Crippen LogP contribution in [0.3, 0.4) is 0 Å². The third-order valence-electron chi connectivity index (χ3n) is 5.31. The predicted octanol–water partition coefficient (Wildman–Crippen LogP) is 4.72. The molecule has 4 rings (SSSR count). The Morgan fingerprint density at radius 2 is 1.79 bits per heavy atom. The van der Waals surface area contributed by atoms with Gasteiger partial charge in [0.15, 0.2) is 0 Å². The fraction of sp³-hybridized carbons (Fsp3) is 0.381. The first-order valence-corrected chi connectivity index (χ1v) is 10.7. The van der Waals surface area contributed by atoms with Crippen molar-refractivity contribution >= 4 is 45.4 Å². The zero-order valence-corrected chi connectivity index (χ0v) is 17.8. The van der Waals surface area contributed by atoms with E-state index in [0.717, 1.165) is 35.5 Å². The zero-order valence-electron chi connectivity index (χ0n) is 16.3. The number of hydrogen-bond acceptors (Lipinski definition) is 5. The van der Waals surface area contributed by atoms with Crippen molar-refractivity contribution in [1.29, 1.82) is 0 Å². The highest BCUT2D eigenvalue weighted by Crippen LogP contribution is 2.42. The number of carbonyl (C=O) groups excluding carboxylic acids is 1. The van der Waals surface area contributed by atoms with Crippen LogP contribution >= 0.6 is 22.9 Å². The number of rotatable bonds is 4. The fourth-order valence-corrected chi connectivity index (χ4v) is 4.97. The molecule has 0 atom stereocenters. The van der Waals surface area contributed by atoms with Gasteiger partial charge in [-0.3, -0.25) is 4.79 Å². The molecule has 0 N–H and O–H groups in total. The molecule has 0 aliphatic carbocycles. The van der Waals surface area contributed by atoms with E-state index in [1.165, 1.54) is 21.6 Å². The zero-order chi connectivity index (χ0) is 19.8. The number of fused-ring (bicyclic) bond motifs is 1. The second-order valence-electron chi connectivity index (χ2n) is 7.43. The number of thiophene rings is 1. The van der Waals surface area contributed by atoms with Crippen LogP contribution in [0, 0.1) is 6.92 Å². The second kappa shape index (κ2) is 7.68. The highest BCUT2D eigenvalue weighted by atomic mass is 35.5. The monoisotopic (exact) mass is 414 g/mol. The number of halogens is 1. The number of benzene rings is 1. The lowest BCUT2D eigenvalue weighted by Crippen LogP contribution is -2.46. The summed E-state index contributed by atoms with van der Waals surface area (Å²) in [5, 5.41) is 1.33. The molecule has 3 aromatic rings. The first kappa shape index (κ1) is 19.2. The van der Waals surface area contributed by atoms with Crippen molar-refractivity contribution in [3.05, 3.63) is 40.0 Å². The molecular formula is C21H23ClN4OS. The van der Waals surface area contributed by atoms with E-state index in [2.05, 4.69) is 59.9 Å². The fourth-order valence-electron chi connectivity index (χ4n) is 3.72. The van der Waals surface area contributed by atoms with E-state index in [1.54, 1.807) is 16.2 Å². The second-order valence-corrected chi connectivity index (χ2v) is 8.98. The van der Waals surface area contributed by atoms with Crippen LogP contribution < -0.4 is 4.90 Å². The van der Waals surface area contributed by atoms with Gasteiger partial charge in [-0.25, -0.2) is 4.98 Å². The van der Waals surface area contributed by atoms with Crippen LogP contribution in [0.25, 0.3) is 21.3 Å². The SMILES string of the molecule is Cc1sc2nc(Cl)nc(N3CCN(C=O)CC3)c2c1-c1ccc(C(C)C)cc1. The number of aryl methyl sites for hydroxylation is 1. The maximum Gasteiger partial charge on any atom is 0.225 e. The van der Waals surface area contributed by atoms with E-state index < -0.39 is 0 Å². The molecule has 0 radical (unpaired) electrons. The summed E-state index contributed by atoms with van der Waals surface area (Å²) in [6.07, 6.45) is 0.913. The van der Waals surface area contributed by atoms with Crippen molar-refractivity contribution in [3.8, 4) is 11.1 Å². The van der Waals surface area contributed by atoms with Gasteiger partial charge in [-0.05, 0) is 35.6 Å². The van der Waals surface area contributed by atoms with Crippen LogP contribution in [-0.2, 0) is 4.79 Å². The maximum atomic E-state index is 11.0. The van der Waals surface area contributed by atoms with Gasteiger partial charge >= 0.3 is 0 Å². The molecular weight excluding hydrogens is 392 g/mol. The third kappa shape index (κ3) is 3.47. The smallest absolute Gasteiger partial charge is 0.225 e. The Hall–Kier alpha value is -2.18. The summed E-state index contributed by atoms with van der Waals surface area (Å²) < 4.78 is 0. The topological polar surface area (TPSA) is 49.3 Å². The summed E-state index contributed by atoms with van der Waals surface area (Å²) in [6.45, 7) is 9.38. The molecule has 1 aliphatic rings. The molecule has 28 heavy (non-hydrogen) atoms. The molecule has 3 heterocycles. The summed E-state index contributed by atoms with van der Waals surface area (Å²) in [6, 6.07) is 8.77. The highest BCUT2D eigenvalue weighted by Gasteiger charge is 2.24. The van der Waals surface area contributed by atoms with Gasteiger partial charge in [0.05, 0.1) is 5.39 Å². The minimum absolute atomic E-state index is 0.267. The highest BCUT2D eigenvalue weighted by molar-refractivity contribution is 7.19. The molecule has 1 saturated heterocycles. The average molecular weight is 415 g/mol. The lowest BCUT2D eigenvalue weighted by Gasteiger charge is -2.33. The Balaban J connectivity index is 1.83. The summed E-state index contributed by atoms with van der Waals surface area (Å²) in [7, 11) is 0. The van der Waals surface area contributed by atoms with Gasteiger partial charge < -0.3 is 9.80 Å². The minimum Gasteiger partial charge on any atom is -0.352 e. The van der Waals surface area contributed by atoms with Gasteiger partial charge in [-0.15, -0.1) is 11.3 Å². The lowest BCUT2D eigenvalue weighted by atomic mass is 9.97. The van der Waals surface area contributed by atoms with E-state index in [-0.39, 0.29) is 5.28 Å². The van der Waals surface area contributed by atoms with Gasteiger partial charge in [-0.1, -0.05) is 38.1 Å². The van der Waals surface area contributed by atoms with Gasteiger partial charge in [0.2, 0.25) is 11.7 Å². The van der Waals surface area contributed by atoms with Gasteiger partial charge in [0.1, 0.15) is 10.6 Å². The first-order valence-electron chi connectivity index (χ1n) is 9.49. The van der Waals surface area contributed by atoms with E-state index in [9.17, 15) is 4.79 Å². The van der Waals surface area contributed by atoms with Crippen LogP contribution in [0.15, 0.2) is 24.3 Å². The number of piperazine rings is 1. The summed E-state index contributed by atoms with van der Waals surface area (Å²) in [4.78, 5) is 26.3.